The Hall–Kier alpha value is -0.160. The molecule has 0 aromatic heterocycles. The van der Waals surface area contributed by atoms with E-state index in [1.165, 1.54) is 0 Å². The fourth-order valence-electron chi connectivity index (χ4n) is 2.02. The van der Waals surface area contributed by atoms with Crippen molar-refractivity contribution in [2.45, 2.75) is 19.0 Å². The third kappa shape index (κ3) is 3.72. The summed E-state index contributed by atoms with van der Waals surface area (Å²) in [6.45, 7) is 5.75. The summed E-state index contributed by atoms with van der Waals surface area (Å²) in [5.41, 5.74) is 0. The molecule has 1 heterocycles. The number of likely N-dealkylation sites (N-methyl/N-ethyl adjacent to an activating group) is 2. The molecule has 0 radical (unpaired) electrons. The highest BCUT2D eigenvalue weighted by Gasteiger charge is 2.28. The van der Waals surface area contributed by atoms with Crippen LogP contribution in [0.4, 0.5) is 0 Å². The highest BCUT2D eigenvalue weighted by Crippen LogP contribution is 2.15. The number of hydrogen-bond donors (Lipinski definition) is 1. The van der Waals surface area contributed by atoms with Gasteiger partial charge in [-0.1, -0.05) is 0 Å². The molecule has 0 bridgehead atoms. The van der Waals surface area contributed by atoms with E-state index >= 15 is 0 Å². The third-order valence-electron chi connectivity index (χ3n) is 3.25. The van der Waals surface area contributed by atoms with Crippen LogP contribution in [0.2, 0.25) is 0 Å². The Balaban J connectivity index is 2.33. The van der Waals surface area contributed by atoms with E-state index in [0.29, 0.717) is 18.0 Å². The van der Waals surface area contributed by atoms with Gasteiger partial charge in [0.2, 0.25) is 0 Å². The third-order valence-corrected chi connectivity index (χ3v) is 3.25. The lowest BCUT2D eigenvalue weighted by Crippen LogP contribution is -2.42. The number of hydrogen-bond acceptors (Lipinski definition) is 4. The van der Waals surface area contributed by atoms with E-state index in [9.17, 15) is 0 Å². The average Bonchev–Trinajstić information content (AvgIpc) is 2.65. The van der Waals surface area contributed by atoms with Crippen molar-refractivity contribution >= 4 is 0 Å². The lowest BCUT2D eigenvalue weighted by molar-refractivity contribution is 0.1000. The molecule has 1 aliphatic rings. The van der Waals surface area contributed by atoms with E-state index < -0.39 is 0 Å². The maximum absolute atomic E-state index is 5.48. The largest absolute Gasteiger partial charge is 0.383 e. The van der Waals surface area contributed by atoms with Crippen LogP contribution in [-0.4, -0.2) is 64.6 Å². The van der Waals surface area contributed by atoms with Gasteiger partial charge in [-0.3, -0.25) is 0 Å². The van der Waals surface area contributed by atoms with Crippen molar-refractivity contribution in [3.63, 3.8) is 0 Å². The van der Waals surface area contributed by atoms with Crippen LogP contribution >= 0.6 is 0 Å². The minimum atomic E-state index is 0.466. The SMILES string of the molecule is CNC1COCC1CN(C)C(C)COC. The molecular formula is C11H24N2O2. The second kappa shape index (κ2) is 6.43. The summed E-state index contributed by atoms with van der Waals surface area (Å²) in [7, 11) is 5.90. The summed E-state index contributed by atoms with van der Waals surface area (Å²) in [6.07, 6.45) is 0. The van der Waals surface area contributed by atoms with E-state index in [0.717, 1.165) is 26.4 Å². The summed E-state index contributed by atoms with van der Waals surface area (Å²) >= 11 is 0. The van der Waals surface area contributed by atoms with Gasteiger partial charge in [-0.25, -0.2) is 0 Å². The van der Waals surface area contributed by atoms with Crippen molar-refractivity contribution in [3.8, 4) is 0 Å². The maximum Gasteiger partial charge on any atom is 0.0623 e. The van der Waals surface area contributed by atoms with Gasteiger partial charge in [-0.2, -0.15) is 0 Å². The van der Waals surface area contributed by atoms with Crippen molar-refractivity contribution in [1.82, 2.24) is 10.2 Å². The molecule has 90 valence electrons. The summed E-state index contributed by atoms with van der Waals surface area (Å²) in [5, 5.41) is 3.31. The van der Waals surface area contributed by atoms with Crippen molar-refractivity contribution < 1.29 is 9.47 Å². The zero-order chi connectivity index (χ0) is 11.3. The maximum atomic E-state index is 5.48. The molecule has 1 fully saturated rings. The second-order valence-corrected chi connectivity index (χ2v) is 4.44. The summed E-state index contributed by atoms with van der Waals surface area (Å²) < 4.78 is 10.6. The Morgan fingerprint density at radius 2 is 2.27 bits per heavy atom. The standard InChI is InChI=1S/C11H24N2O2/c1-9(6-14-4)13(3)5-10-7-15-8-11(10)12-2/h9-12H,5-8H2,1-4H3. The molecule has 4 heteroatoms. The molecule has 1 N–H and O–H groups in total. The van der Waals surface area contributed by atoms with E-state index in [-0.39, 0.29) is 0 Å². The van der Waals surface area contributed by atoms with E-state index in [2.05, 4.69) is 24.2 Å². The smallest absolute Gasteiger partial charge is 0.0623 e. The fraction of sp³-hybridized carbons (Fsp3) is 1.00. The molecule has 0 aromatic rings. The van der Waals surface area contributed by atoms with Gasteiger partial charge >= 0.3 is 0 Å². The van der Waals surface area contributed by atoms with Gasteiger partial charge in [-0.05, 0) is 21.0 Å². The van der Waals surface area contributed by atoms with Crippen molar-refractivity contribution in [1.29, 1.82) is 0 Å². The molecule has 15 heavy (non-hydrogen) atoms. The Morgan fingerprint density at radius 3 is 2.87 bits per heavy atom. The van der Waals surface area contributed by atoms with Crippen molar-refractivity contribution in [2.24, 2.45) is 5.92 Å². The van der Waals surface area contributed by atoms with Gasteiger partial charge in [0.1, 0.15) is 0 Å². The Labute approximate surface area is 92.9 Å². The van der Waals surface area contributed by atoms with Crippen molar-refractivity contribution in [2.75, 3.05) is 47.6 Å². The first-order valence-corrected chi connectivity index (χ1v) is 5.63. The molecule has 0 amide bonds. The predicted octanol–water partition coefficient (Wildman–Crippen LogP) is 0.188. The number of nitrogens with zero attached hydrogens (tertiary/aromatic N) is 1. The molecule has 0 saturated carbocycles. The summed E-state index contributed by atoms with van der Waals surface area (Å²) in [5.74, 6) is 0.597. The summed E-state index contributed by atoms with van der Waals surface area (Å²) in [4.78, 5) is 2.34. The zero-order valence-corrected chi connectivity index (χ0v) is 10.3. The topological polar surface area (TPSA) is 33.7 Å². The van der Waals surface area contributed by atoms with Crippen LogP contribution < -0.4 is 5.32 Å². The monoisotopic (exact) mass is 216 g/mol. The molecule has 3 atom stereocenters. The van der Waals surface area contributed by atoms with Gasteiger partial charge in [-0.15, -0.1) is 0 Å². The molecule has 1 aliphatic heterocycles. The number of ether oxygens (including phenoxy) is 2. The molecule has 3 unspecified atom stereocenters. The van der Waals surface area contributed by atoms with Crippen LogP contribution in [0, 0.1) is 5.92 Å². The van der Waals surface area contributed by atoms with Gasteiger partial charge in [0, 0.05) is 31.7 Å². The van der Waals surface area contributed by atoms with Gasteiger partial charge in [0.25, 0.3) is 0 Å². The fourth-order valence-corrected chi connectivity index (χ4v) is 2.02. The van der Waals surface area contributed by atoms with Crippen LogP contribution in [0.5, 0.6) is 0 Å². The Bertz CT molecular complexity index is 178. The van der Waals surface area contributed by atoms with Gasteiger partial charge in [0.15, 0.2) is 0 Å². The minimum absolute atomic E-state index is 0.466. The van der Waals surface area contributed by atoms with Crippen LogP contribution in [-0.2, 0) is 9.47 Å². The zero-order valence-electron chi connectivity index (χ0n) is 10.3. The normalized spacial score (nSPS) is 28.6. The molecule has 1 rings (SSSR count). The van der Waals surface area contributed by atoms with Crippen LogP contribution in [0.25, 0.3) is 0 Å². The lowest BCUT2D eigenvalue weighted by Gasteiger charge is -2.28. The lowest BCUT2D eigenvalue weighted by atomic mass is 10.0. The number of nitrogens with one attached hydrogen (secondary N) is 1. The minimum Gasteiger partial charge on any atom is -0.383 e. The quantitative estimate of drug-likeness (QED) is 0.687. The predicted molar refractivity (Wildman–Crippen MR) is 61.1 cm³/mol. The average molecular weight is 216 g/mol. The van der Waals surface area contributed by atoms with Gasteiger partial charge in [0.05, 0.1) is 19.8 Å². The number of methoxy groups -OCH3 is 1. The van der Waals surface area contributed by atoms with Crippen LogP contribution in [0.15, 0.2) is 0 Å². The van der Waals surface area contributed by atoms with Crippen LogP contribution in [0.3, 0.4) is 0 Å². The molecule has 4 nitrogen and oxygen atoms in total. The molecule has 1 saturated heterocycles. The van der Waals surface area contributed by atoms with E-state index in [1.54, 1.807) is 7.11 Å². The van der Waals surface area contributed by atoms with Crippen LogP contribution in [0.1, 0.15) is 6.92 Å². The second-order valence-electron chi connectivity index (χ2n) is 4.44. The van der Waals surface area contributed by atoms with Crippen molar-refractivity contribution in [3.05, 3.63) is 0 Å². The number of rotatable bonds is 6. The first-order valence-electron chi connectivity index (χ1n) is 5.63. The molecule has 0 spiro atoms. The highest BCUT2D eigenvalue weighted by molar-refractivity contribution is 4.82. The van der Waals surface area contributed by atoms with E-state index in [4.69, 9.17) is 9.47 Å². The first-order chi connectivity index (χ1) is 7.19. The Kier molecular flexibility index (Phi) is 5.53. The van der Waals surface area contributed by atoms with E-state index in [1.807, 2.05) is 7.05 Å². The molecular weight excluding hydrogens is 192 g/mol. The highest BCUT2D eigenvalue weighted by atomic mass is 16.5. The first kappa shape index (κ1) is 12.9. The molecule has 0 aliphatic carbocycles. The Morgan fingerprint density at radius 1 is 1.53 bits per heavy atom. The summed E-state index contributed by atoms with van der Waals surface area (Å²) in [6, 6.07) is 0.968. The van der Waals surface area contributed by atoms with Gasteiger partial charge < -0.3 is 19.7 Å². The molecule has 0 aromatic carbocycles.